The molecule has 0 saturated carbocycles. The lowest BCUT2D eigenvalue weighted by atomic mass is 10.0. The van der Waals surface area contributed by atoms with E-state index in [0.717, 1.165) is 16.8 Å². The molecule has 0 spiro atoms. The number of fused-ring (bicyclic) bond motifs is 1. The van der Waals surface area contributed by atoms with Gasteiger partial charge in [0.25, 0.3) is 5.91 Å². The van der Waals surface area contributed by atoms with Crippen molar-refractivity contribution in [3.05, 3.63) is 41.5 Å². The van der Waals surface area contributed by atoms with Gasteiger partial charge in [0, 0.05) is 18.2 Å². The topological polar surface area (TPSA) is 57.2 Å². The minimum Gasteiger partial charge on any atom is -0.497 e. The molecule has 3 rings (SSSR count). The number of anilines is 1. The fraction of sp³-hybridized carbons (Fsp3) is 0.250. The van der Waals surface area contributed by atoms with Crippen LogP contribution in [-0.2, 0) is 4.79 Å². The van der Waals surface area contributed by atoms with Crippen LogP contribution in [0.25, 0.3) is 11.6 Å². The molecule has 0 unspecified atom stereocenters. The zero-order valence-electron chi connectivity index (χ0n) is 15.5. The molecule has 1 aliphatic rings. The van der Waals surface area contributed by atoms with Crippen molar-refractivity contribution in [3.63, 3.8) is 0 Å². The Bertz CT molecular complexity index is 863. The fourth-order valence-corrected chi connectivity index (χ4v) is 3.05. The van der Waals surface area contributed by atoms with Gasteiger partial charge < -0.3 is 23.8 Å². The summed E-state index contributed by atoms with van der Waals surface area (Å²) in [7, 11) is 8.02. The Morgan fingerprint density at radius 2 is 1.54 bits per heavy atom. The zero-order chi connectivity index (χ0) is 18.8. The number of carbonyl (C=O) groups is 1. The van der Waals surface area contributed by atoms with Gasteiger partial charge in [-0.3, -0.25) is 4.79 Å². The van der Waals surface area contributed by atoms with Gasteiger partial charge in [0.05, 0.1) is 34.1 Å². The maximum absolute atomic E-state index is 12.7. The van der Waals surface area contributed by atoms with Crippen LogP contribution in [0.2, 0.25) is 0 Å². The Morgan fingerprint density at radius 3 is 2.08 bits per heavy atom. The number of benzene rings is 2. The SMILES string of the molecule is COc1ccc2c(c1)/C(=C\c1cc(OC)c(OC)c(OC)c1)C(=O)N2C. The van der Waals surface area contributed by atoms with E-state index in [1.807, 2.05) is 24.3 Å². The molecule has 0 radical (unpaired) electrons. The highest BCUT2D eigenvalue weighted by Gasteiger charge is 2.30. The van der Waals surface area contributed by atoms with Gasteiger partial charge in [-0.2, -0.15) is 0 Å². The highest BCUT2D eigenvalue weighted by atomic mass is 16.5. The maximum Gasteiger partial charge on any atom is 0.258 e. The molecule has 0 saturated heterocycles. The third-order valence-electron chi connectivity index (χ3n) is 4.39. The monoisotopic (exact) mass is 355 g/mol. The van der Waals surface area contributed by atoms with E-state index in [4.69, 9.17) is 18.9 Å². The van der Waals surface area contributed by atoms with Crippen molar-refractivity contribution in [3.8, 4) is 23.0 Å². The van der Waals surface area contributed by atoms with Crippen molar-refractivity contribution in [2.45, 2.75) is 0 Å². The highest BCUT2D eigenvalue weighted by molar-refractivity contribution is 6.35. The van der Waals surface area contributed by atoms with Crippen LogP contribution in [0.3, 0.4) is 0 Å². The van der Waals surface area contributed by atoms with Crippen LogP contribution in [0.5, 0.6) is 23.0 Å². The number of amides is 1. The molecule has 1 amide bonds. The van der Waals surface area contributed by atoms with E-state index < -0.39 is 0 Å². The summed E-state index contributed by atoms with van der Waals surface area (Å²) in [5, 5.41) is 0. The highest BCUT2D eigenvalue weighted by Crippen LogP contribution is 2.42. The second-order valence-corrected chi connectivity index (χ2v) is 5.76. The quantitative estimate of drug-likeness (QED) is 0.771. The van der Waals surface area contributed by atoms with Gasteiger partial charge in [-0.1, -0.05) is 0 Å². The van der Waals surface area contributed by atoms with Gasteiger partial charge >= 0.3 is 0 Å². The molecular weight excluding hydrogens is 334 g/mol. The number of likely N-dealkylation sites (N-methyl/N-ethyl adjacent to an activating group) is 1. The Hall–Kier alpha value is -3.15. The predicted molar refractivity (Wildman–Crippen MR) is 100 cm³/mol. The van der Waals surface area contributed by atoms with Crippen LogP contribution < -0.4 is 23.8 Å². The Balaban J connectivity index is 2.15. The van der Waals surface area contributed by atoms with Crippen LogP contribution in [-0.4, -0.2) is 41.4 Å². The molecule has 136 valence electrons. The van der Waals surface area contributed by atoms with E-state index in [9.17, 15) is 4.79 Å². The van der Waals surface area contributed by atoms with Gasteiger partial charge in [-0.25, -0.2) is 0 Å². The summed E-state index contributed by atoms with van der Waals surface area (Å²) in [6.07, 6.45) is 1.81. The van der Waals surface area contributed by atoms with Crippen LogP contribution in [0.1, 0.15) is 11.1 Å². The third kappa shape index (κ3) is 2.83. The fourth-order valence-electron chi connectivity index (χ4n) is 3.05. The molecule has 0 aliphatic carbocycles. The number of hydrogen-bond acceptors (Lipinski definition) is 5. The first-order valence-corrected chi connectivity index (χ1v) is 8.02. The second kappa shape index (κ2) is 7.00. The number of methoxy groups -OCH3 is 4. The van der Waals surface area contributed by atoms with Gasteiger partial charge in [-0.15, -0.1) is 0 Å². The average Bonchev–Trinajstić information content (AvgIpc) is 2.91. The predicted octanol–water partition coefficient (Wildman–Crippen LogP) is 3.24. The summed E-state index contributed by atoms with van der Waals surface area (Å²) < 4.78 is 21.4. The third-order valence-corrected chi connectivity index (χ3v) is 4.39. The van der Waals surface area contributed by atoms with Crippen molar-refractivity contribution in [2.24, 2.45) is 0 Å². The molecule has 6 heteroatoms. The standard InChI is InChI=1S/C20H21NO5/c1-21-16-7-6-13(23-2)11-14(16)15(20(21)22)8-12-9-17(24-3)19(26-5)18(10-12)25-4/h6-11H,1-5H3/b15-8+. The van der Waals surface area contributed by atoms with Crippen LogP contribution in [0.4, 0.5) is 5.69 Å². The minimum absolute atomic E-state index is 0.0815. The summed E-state index contributed by atoms with van der Waals surface area (Å²) >= 11 is 0. The lowest BCUT2D eigenvalue weighted by molar-refractivity contribution is -0.112. The molecule has 0 atom stereocenters. The molecule has 1 aliphatic heterocycles. The summed E-state index contributed by atoms with van der Waals surface area (Å²) in [5.74, 6) is 2.19. The van der Waals surface area contributed by atoms with E-state index in [1.54, 1.807) is 52.5 Å². The minimum atomic E-state index is -0.0815. The zero-order valence-corrected chi connectivity index (χ0v) is 15.5. The molecule has 0 N–H and O–H groups in total. The summed E-state index contributed by atoms with van der Waals surface area (Å²) in [6, 6.07) is 9.19. The molecule has 2 aromatic carbocycles. The first-order valence-electron chi connectivity index (χ1n) is 8.02. The first-order chi connectivity index (χ1) is 12.5. The van der Waals surface area contributed by atoms with E-state index in [-0.39, 0.29) is 5.91 Å². The van der Waals surface area contributed by atoms with Gasteiger partial charge in [0.15, 0.2) is 11.5 Å². The molecule has 0 fully saturated rings. The Morgan fingerprint density at radius 1 is 0.885 bits per heavy atom. The summed E-state index contributed by atoms with van der Waals surface area (Å²) in [5.41, 5.74) is 3.02. The number of nitrogens with zero attached hydrogens (tertiary/aromatic N) is 1. The van der Waals surface area contributed by atoms with Crippen molar-refractivity contribution in [2.75, 3.05) is 40.4 Å². The first kappa shape index (κ1) is 17.7. The number of hydrogen-bond donors (Lipinski definition) is 0. The van der Waals surface area contributed by atoms with Crippen LogP contribution in [0, 0.1) is 0 Å². The van der Waals surface area contributed by atoms with E-state index in [1.165, 1.54) is 0 Å². The molecule has 0 bridgehead atoms. The molecule has 2 aromatic rings. The Labute approximate surface area is 152 Å². The van der Waals surface area contributed by atoms with Crippen LogP contribution >= 0.6 is 0 Å². The van der Waals surface area contributed by atoms with E-state index >= 15 is 0 Å². The van der Waals surface area contributed by atoms with Crippen molar-refractivity contribution < 1.29 is 23.7 Å². The molecule has 1 heterocycles. The summed E-state index contributed by atoms with van der Waals surface area (Å²) in [4.78, 5) is 14.4. The van der Waals surface area contributed by atoms with E-state index in [0.29, 0.717) is 28.6 Å². The lowest BCUT2D eigenvalue weighted by Gasteiger charge is -2.13. The van der Waals surface area contributed by atoms with Crippen molar-refractivity contribution in [1.82, 2.24) is 0 Å². The normalized spacial score (nSPS) is 14.4. The van der Waals surface area contributed by atoms with Gasteiger partial charge in [0.2, 0.25) is 5.75 Å². The molecule has 0 aromatic heterocycles. The van der Waals surface area contributed by atoms with Crippen molar-refractivity contribution in [1.29, 1.82) is 0 Å². The van der Waals surface area contributed by atoms with Gasteiger partial charge in [0.1, 0.15) is 5.75 Å². The molecule has 6 nitrogen and oxygen atoms in total. The van der Waals surface area contributed by atoms with E-state index in [2.05, 4.69) is 0 Å². The lowest BCUT2D eigenvalue weighted by Crippen LogP contribution is -2.20. The van der Waals surface area contributed by atoms with Crippen LogP contribution in [0.15, 0.2) is 30.3 Å². The number of ether oxygens (including phenoxy) is 4. The second-order valence-electron chi connectivity index (χ2n) is 5.76. The Kier molecular flexibility index (Phi) is 4.75. The molecular formula is C20H21NO5. The van der Waals surface area contributed by atoms with Crippen molar-refractivity contribution >= 4 is 23.2 Å². The average molecular weight is 355 g/mol. The summed E-state index contributed by atoms with van der Waals surface area (Å²) in [6.45, 7) is 0. The van der Waals surface area contributed by atoms with Gasteiger partial charge in [-0.05, 0) is 42.0 Å². The molecule has 26 heavy (non-hydrogen) atoms. The maximum atomic E-state index is 12.7. The largest absolute Gasteiger partial charge is 0.497 e. The smallest absolute Gasteiger partial charge is 0.258 e. The number of rotatable bonds is 5. The number of carbonyl (C=O) groups excluding carboxylic acids is 1.